The molecule has 3 rings (SSSR count). The Bertz CT molecular complexity index is 655. The van der Waals surface area contributed by atoms with Crippen LogP contribution in [0.4, 0.5) is 4.39 Å². The lowest BCUT2D eigenvalue weighted by molar-refractivity contribution is 0.401. The van der Waals surface area contributed by atoms with E-state index < -0.39 is 0 Å². The molecule has 0 N–H and O–H groups in total. The molecule has 0 heterocycles. The van der Waals surface area contributed by atoms with Gasteiger partial charge in [-0.3, -0.25) is 0 Å². The topological polar surface area (TPSA) is 0 Å². The minimum atomic E-state index is -0.219. The van der Waals surface area contributed by atoms with Crippen molar-refractivity contribution in [3.63, 3.8) is 0 Å². The standard InChI is InChI=1S/C18H17BrClF/c19-12-18(11-14-10-15(21)7-8-17(14)20)9-3-5-13-4-1-2-6-16(13)18/h1-2,4,6-8,10H,3,5,9,11-12H2. The van der Waals surface area contributed by atoms with Gasteiger partial charge in [0.1, 0.15) is 5.82 Å². The molecular formula is C18H17BrClF. The van der Waals surface area contributed by atoms with Crippen LogP contribution in [0.25, 0.3) is 0 Å². The number of hydrogen-bond acceptors (Lipinski definition) is 0. The summed E-state index contributed by atoms with van der Waals surface area (Å²) in [4.78, 5) is 0. The number of rotatable bonds is 3. The van der Waals surface area contributed by atoms with Crippen molar-refractivity contribution in [3.8, 4) is 0 Å². The van der Waals surface area contributed by atoms with Gasteiger partial charge in [-0.15, -0.1) is 0 Å². The zero-order chi connectivity index (χ0) is 14.9. The Kier molecular flexibility index (Phi) is 4.37. The van der Waals surface area contributed by atoms with Crippen LogP contribution in [0, 0.1) is 5.82 Å². The molecule has 1 unspecified atom stereocenters. The first-order valence-corrected chi connectivity index (χ1v) is 8.73. The molecule has 0 radical (unpaired) electrons. The molecule has 1 atom stereocenters. The van der Waals surface area contributed by atoms with Gasteiger partial charge in [0.15, 0.2) is 0 Å². The lowest BCUT2D eigenvalue weighted by Gasteiger charge is -2.38. The van der Waals surface area contributed by atoms with Gasteiger partial charge in [-0.25, -0.2) is 4.39 Å². The van der Waals surface area contributed by atoms with Gasteiger partial charge < -0.3 is 0 Å². The molecule has 2 aromatic carbocycles. The Morgan fingerprint density at radius 3 is 2.81 bits per heavy atom. The van der Waals surface area contributed by atoms with Crippen LogP contribution >= 0.6 is 27.5 Å². The lowest BCUT2D eigenvalue weighted by atomic mass is 9.68. The summed E-state index contributed by atoms with van der Waals surface area (Å²) in [6, 6.07) is 13.3. The molecule has 1 aliphatic carbocycles. The Morgan fingerprint density at radius 2 is 2.00 bits per heavy atom. The van der Waals surface area contributed by atoms with E-state index in [1.54, 1.807) is 12.1 Å². The van der Waals surface area contributed by atoms with Crippen LogP contribution in [0.5, 0.6) is 0 Å². The third kappa shape index (κ3) is 2.89. The van der Waals surface area contributed by atoms with Gasteiger partial charge in [-0.1, -0.05) is 51.8 Å². The number of fused-ring (bicyclic) bond motifs is 1. The van der Waals surface area contributed by atoms with E-state index in [-0.39, 0.29) is 11.2 Å². The average Bonchev–Trinajstić information content (AvgIpc) is 2.51. The fourth-order valence-electron chi connectivity index (χ4n) is 3.42. The van der Waals surface area contributed by atoms with E-state index in [0.717, 1.165) is 36.6 Å². The van der Waals surface area contributed by atoms with E-state index in [0.29, 0.717) is 5.02 Å². The first kappa shape index (κ1) is 15.1. The van der Waals surface area contributed by atoms with Crippen LogP contribution in [0.15, 0.2) is 42.5 Å². The molecule has 110 valence electrons. The molecule has 0 saturated heterocycles. The largest absolute Gasteiger partial charge is 0.207 e. The van der Waals surface area contributed by atoms with Crippen LogP contribution in [0.2, 0.25) is 5.02 Å². The number of benzene rings is 2. The quantitative estimate of drug-likeness (QED) is 0.611. The molecule has 0 saturated carbocycles. The van der Waals surface area contributed by atoms with Gasteiger partial charge in [0.25, 0.3) is 0 Å². The van der Waals surface area contributed by atoms with Crippen molar-refractivity contribution in [2.75, 3.05) is 5.33 Å². The second-order valence-electron chi connectivity index (χ2n) is 5.84. The molecule has 1 aliphatic rings. The van der Waals surface area contributed by atoms with Gasteiger partial charge in [-0.05, 0) is 60.6 Å². The highest BCUT2D eigenvalue weighted by Gasteiger charge is 2.36. The minimum Gasteiger partial charge on any atom is -0.207 e. The van der Waals surface area contributed by atoms with Gasteiger partial charge in [0.05, 0.1) is 0 Å². The predicted octanol–water partition coefficient (Wildman–Crippen LogP) is 5.69. The summed E-state index contributed by atoms with van der Waals surface area (Å²) in [7, 11) is 0. The summed E-state index contributed by atoms with van der Waals surface area (Å²) in [5.41, 5.74) is 3.70. The van der Waals surface area contributed by atoms with E-state index in [4.69, 9.17) is 11.6 Å². The fourth-order valence-corrected chi connectivity index (χ4v) is 4.39. The second-order valence-corrected chi connectivity index (χ2v) is 6.81. The molecule has 0 amide bonds. The van der Waals surface area contributed by atoms with Gasteiger partial charge in [-0.2, -0.15) is 0 Å². The fraction of sp³-hybridized carbons (Fsp3) is 0.333. The number of aryl methyl sites for hydroxylation is 1. The SMILES string of the molecule is Fc1ccc(Cl)c(CC2(CBr)CCCc3ccccc32)c1. The van der Waals surface area contributed by atoms with Crippen molar-refractivity contribution in [2.45, 2.75) is 31.1 Å². The van der Waals surface area contributed by atoms with Crippen molar-refractivity contribution in [1.82, 2.24) is 0 Å². The van der Waals surface area contributed by atoms with E-state index >= 15 is 0 Å². The average molecular weight is 368 g/mol. The Morgan fingerprint density at radius 1 is 1.19 bits per heavy atom. The molecule has 0 spiro atoms. The zero-order valence-corrected chi connectivity index (χ0v) is 14.1. The summed E-state index contributed by atoms with van der Waals surface area (Å²) in [5.74, 6) is -0.219. The van der Waals surface area contributed by atoms with Crippen LogP contribution < -0.4 is 0 Å². The van der Waals surface area contributed by atoms with Crippen molar-refractivity contribution in [3.05, 3.63) is 70.0 Å². The Hall–Kier alpha value is -0.860. The van der Waals surface area contributed by atoms with Crippen LogP contribution in [0.1, 0.15) is 29.5 Å². The summed E-state index contributed by atoms with van der Waals surface area (Å²) in [6.45, 7) is 0. The monoisotopic (exact) mass is 366 g/mol. The van der Waals surface area contributed by atoms with E-state index in [1.807, 2.05) is 0 Å². The smallest absolute Gasteiger partial charge is 0.123 e. The summed E-state index contributed by atoms with van der Waals surface area (Å²) in [6.07, 6.45) is 4.16. The third-order valence-corrected chi connectivity index (χ3v) is 5.92. The Balaban J connectivity index is 2.04. The van der Waals surface area contributed by atoms with Crippen LogP contribution in [0.3, 0.4) is 0 Å². The van der Waals surface area contributed by atoms with Gasteiger partial charge in [0.2, 0.25) is 0 Å². The molecule has 0 aromatic heterocycles. The molecule has 0 bridgehead atoms. The summed E-state index contributed by atoms with van der Waals surface area (Å²) >= 11 is 9.98. The second kappa shape index (κ2) is 6.10. The summed E-state index contributed by atoms with van der Waals surface area (Å²) in [5, 5.41) is 1.52. The maximum Gasteiger partial charge on any atom is 0.123 e. The molecule has 3 heteroatoms. The lowest BCUT2D eigenvalue weighted by Crippen LogP contribution is -2.35. The molecule has 0 fully saturated rings. The summed E-state index contributed by atoms with van der Waals surface area (Å²) < 4.78 is 13.6. The van der Waals surface area contributed by atoms with Crippen molar-refractivity contribution >= 4 is 27.5 Å². The van der Waals surface area contributed by atoms with Gasteiger partial charge >= 0.3 is 0 Å². The van der Waals surface area contributed by atoms with Crippen LogP contribution in [-0.4, -0.2) is 5.33 Å². The maximum atomic E-state index is 13.6. The predicted molar refractivity (Wildman–Crippen MR) is 90.0 cm³/mol. The highest BCUT2D eigenvalue weighted by atomic mass is 79.9. The first-order valence-electron chi connectivity index (χ1n) is 7.23. The molecule has 21 heavy (non-hydrogen) atoms. The van der Waals surface area contributed by atoms with Gasteiger partial charge in [0, 0.05) is 15.8 Å². The molecule has 0 aliphatic heterocycles. The first-order chi connectivity index (χ1) is 10.1. The molecule has 2 aromatic rings. The zero-order valence-electron chi connectivity index (χ0n) is 11.7. The molecular weight excluding hydrogens is 351 g/mol. The number of hydrogen-bond donors (Lipinski definition) is 0. The van der Waals surface area contributed by atoms with Crippen molar-refractivity contribution < 1.29 is 4.39 Å². The van der Waals surface area contributed by atoms with E-state index in [1.165, 1.54) is 17.2 Å². The number of alkyl halides is 1. The van der Waals surface area contributed by atoms with Crippen molar-refractivity contribution in [2.24, 2.45) is 0 Å². The maximum absolute atomic E-state index is 13.6. The highest BCUT2D eigenvalue weighted by molar-refractivity contribution is 9.09. The van der Waals surface area contributed by atoms with Crippen LogP contribution in [-0.2, 0) is 18.3 Å². The Labute approximate surface area is 138 Å². The molecule has 0 nitrogen and oxygen atoms in total. The normalized spacial score (nSPS) is 21.1. The highest BCUT2D eigenvalue weighted by Crippen LogP contribution is 2.42. The van der Waals surface area contributed by atoms with E-state index in [9.17, 15) is 4.39 Å². The number of halogens is 3. The van der Waals surface area contributed by atoms with E-state index in [2.05, 4.69) is 40.2 Å². The third-order valence-electron chi connectivity index (χ3n) is 4.48. The minimum absolute atomic E-state index is 0.00623. The van der Waals surface area contributed by atoms with Crippen molar-refractivity contribution in [1.29, 1.82) is 0 Å².